The molecule has 0 spiro atoms. The molecule has 0 N–H and O–H groups in total. The van der Waals surface area contributed by atoms with Crippen LogP contribution in [0.2, 0.25) is 0 Å². The average molecular weight is 263 g/mol. The highest BCUT2D eigenvalue weighted by Crippen LogP contribution is 2.23. The molecule has 0 aromatic rings. The summed E-state index contributed by atoms with van der Waals surface area (Å²) in [5, 5.41) is 0. The molecule has 0 radical (unpaired) electrons. The molecule has 0 aromatic heterocycles. The van der Waals surface area contributed by atoms with Crippen molar-refractivity contribution in [2.24, 2.45) is 10.9 Å². The number of unbranched alkanes of at least 4 members (excludes halogenated alkanes) is 4. The van der Waals surface area contributed by atoms with E-state index in [1.807, 2.05) is 12.2 Å². The molecule has 0 heterocycles. The van der Waals surface area contributed by atoms with E-state index >= 15 is 0 Å². The molecular weight excluding hydrogens is 234 g/mol. The number of carbonyl (C=O) groups excluding carboxylic acids is 1. The Balaban J connectivity index is 4.09. The Morgan fingerprint density at radius 3 is 2.37 bits per heavy atom. The lowest BCUT2D eigenvalue weighted by Gasteiger charge is -2.18. The fourth-order valence-corrected chi connectivity index (χ4v) is 2.46. The Bertz CT molecular complexity index is 279. The van der Waals surface area contributed by atoms with Crippen LogP contribution < -0.4 is 0 Å². The molecule has 0 aliphatic carbocycles. The zero-order valence-corrected chi connectivity index (χ0v) is 12.4. The monoisotopic (exact) mass is 263 g/mol. The molecule has 2 nitrogen and oxygen atoms in total. The summed E-state index contributed by atoms with van der Waals surface area (Å²) in [5.74, 6) is 0.584. The highest BCUT2D eigenvalue weighted by Gasteiger charge is 2.14. The van der Waals surface area contributed by atoms with Gasteiger partial charge in [0.15, 0.2) is 0 Å². The lowest BCUT2D eigenvalue weighted by Crippen LogP contribution is -2.11. The molecule has 0 saturated carbocycles. The molecule has 0 aliphatic rings. The van der Waals surface area contributed by atoms with Crippen molar-refractivity contribution in [2.45, 2.75) is 70.8 Å². The quantitative estimate of drug-likeness (QED) is 0.194. The second kappa shape index (κ2) is 13.3. The Morgan fingerprint density at radius 1 is 1.11 bits per heavy atom. The highest BCUT2D eigenvalue weighted by molar-refractivity contribution is 5.33. The van der Waals surface area contributed by atoms with Gasteiger partial charge in [0.25, 0.3) is 0 Å². The smallest absolute Gasteiger partial charge is 0.211 e. The topological polar surface area (TPSA) is 29.4 Å². The van der Waals surface area contributed by atoms with Gasteiger partial charge in [-0.05, 0) is 25.2 Å². The predicted molar refractivity (Wildman–Crippen MR) is 83.0 cm³/mol. The van der Waals surface area contributed by atoms with E-state index in [4.69, 9.17) is 0 Å². The third-order valence-corrected chi connectivity index (χ3v) is 3.50. The minimum absolute atomic E-state index is 0.0515. The van der Waals surface area contributed by atoms with Gasteiger partial charge in [-0.15, -0.1) is 13.2 Å². The molecule has 2 atom stereocenters. The van der Waals surface area contributed by atoms with Crippen molar-refractivity contribution in [3.63, 3.8) is 0 Å². The lowest BCUT2D eigenvalue weighted by molar-refractivity contribution is 0.392. The van der Waals surface area contributed by atoms with E-state index in [1.165, 1.54) is 38.5 Å². The standard InChI is InChI=1S/C17H29NO/c1-4-7-8-9-10-13-16(11-5-2)14-17(12-6-3)18-15-19/h5-6,16-17H,2-4,7-14H2,1H3. The number of nitrogens with zero attached hydrogens (tertiary/aromatic N) is 1. The molecule has 0 amide bonds. The van der Waals surface area contributed by atoms with E-state index in [9.17, 15) is 4.79 Å². The zero-order valence-electron chi connectivity index (χ0n) is 12.4. The van der Waals surface area contributed by atoms with Crippen molar-refractivity contribution < 1.29 is 4.79 Å². The molecule has 2 unspecified atom stereocenters. The van der Waals surface area contributed by atoms with Crippen molar-refractivity contribution >= 4 is 6.08 Å². The molecule has 0 rings (SSSR count). The zero-order chi connectivity index (χ0) is 14.3. The van der Waals surface area contributed by atoms with Crippen molar-refractivity contribution in [3.8, 4) is 0 Å². The van der Waals surface area contributed by atoms with Crippen LogP contribution in [0.3, 0.4) is 0 Å². The van der Waals surface area contributed by atoms with Crippen molar-refractivity contribution in [1.29, 1.82) is 0 Å². The fraction of sp³-hybridized carbons (Fsp3) is 0.706. The van der Waals surface area contributed by atoms with Gasteiger partial charge in [-0.1, -0.05) is 57.6 Å². The van der Waals surface area contributed by atoms with Gasteiger partial charge in [-0.25, -0.2) is 9.79 Å². The van der Waals surface area contributed by atoms with Crippen LogP contribution in [0.4, 0.5) is 0 Å². The van der Waals surface area contributed by atoms with Gasteiger partial charge in [0.1, 0.15) is 0 Å². The summed E-state index contributed by atoms with van der Waals surface area (Å²) in [4.78, 5) is 14.3. The van der Waals surface area contributed by atoms with Crippen LogP contribution in [0.15, 0.2) is 30.3 Å². The average Bonchev–Trinajstić information content (AvgIpc) is 2.39. The molecule has 19 heavy (non-hydrogen) atoms. The molecule has 0 aromatic carbocycles. The Morgan fingerprint density at radius 2 is 1.79 bits per heavy atom. The number of isocyanates is 1. The molecule has 0 fully saturated rings. The molecule has 108 valence electrons. The van der Waals surface area contributed by atoms with Crippen LogP contribution >= 0.6 is 0 Å². The van der Waals surface area contributed by atoms with Crippen molar-refractivity contribution in [1.82, 2.24) is 0 Å². The lowest BCUT2D eigenvalue weighted by atomic mass is 9.90. The van der Waals surface area contributed by atoms with Gasteiger partial charge in [-0.3, -0.25) is 0 Å². The first-order valence-electron chi connectivity index (χ1n) is 7.57. The third-order valence-electron chi connectivity index (χ3n) is 3.50. The minimum atomic E-state index is 0.0515. The third kappa shape index (κ3) is 10.5. The van der Waals surface area contributed by atoms with E-state index in [0.29, 0.717) is 5.92 Å². The van der Waals surface area contributed by atoms with Crippen LogP contribution in [0, 0.1) is 5.92 Å². The SMILES string of the molecule is C=CCC(CCCCCCC)CC(CC=C)N=C=O. The first-order chi connectivity index (χ1) is 9.28. The Hall–Kier alpha value is -1.14. The van der Waals surface area contributed by atoms with Crippen LogP contribution in [0.1, 0.15) is 64.7 Å². The Labute approximate surface area is 118 Å². The van der Waals surface area contributed by atoms with Crippen LogP contribution in [0.25, 0.3) is 0 Å². The number of rotatable bonds is 13. The second-order valence-corrected chi connectivity index (χ2v) is 5.23. The molecule has 0 bridgehead atoms. The molecular formula is C17H29NO. The molecule has 0 aliphatic heterocycles. The maximum absolute atomic E-state index is 10.4. The van der Waals surface area contributed by atoms with E-state index in [1.54, 1.807) is 6.08 Å². The number of allylic oxidation sites excluding steroid dienone is 1. The maximum atomic E-state index is 10.4. The van der Waals surface area contributed by atoms with Gasteiger partial charge in [-0.2, -0.15) is 0 Å². The van der Waals surface area contributed by atoms with Crippen LogP contribution in [-0.2, 0) is 4.79 Å². The van der Waals surface area contributed by atoms with E-state index < -0.39 is 0 Å². The predicted octanol–water partition coefficient (Wildman–Crippen LogP) is 5.21. The molecule has 0 saturated heterocycles. The van der Waals surface area contributed by atoms with Gasteiger partial charge >= 0.3 is 0 Å². The van der Waals surface area contributed by atoms with Gasteiger partial charge in [0.2, 0.25) is 6.08 Å². The summed E-state index contributed by atoms with van der Waals surface area (Å²) in [5.41, 5.74) is 0. The Kier molecular flexibility index (Phi) is 12.5. The van der Waals surface area contributed by atoms with Crippen LogP contribution in [0.5, 0.6) is 0 Å². The number of hydrogen-bond acceptors (Lipinski definition) is 2. The first-order valence-corrected chi connectivity index (χ1v) is 7.57. The first kappa shape index (κ1) is 17.9. The summed E-state index contributed by atoms with van der Waals surface area (Å²) < 4.78 is 0. The number of aliphatic imine (C=N–C) groups is 1. The van der Waals surface area contributed by atoms with Gasteiger partial charge < -0.3 is 0 Å². The van der Waals surface area contributed by atoms with Crippen molar-refractivity contribution in [2.75, 3.05) is 0 Å². The van der Waals surface area contributed by atoms with E-state index in [2.05, 4.69) is 25.1 Å². The minimum Gasteiger partial charge on any atom is -0.211 e. The second-order valence-electron chi connectivity index (χ2n) is 5.23. The van der Waals surface area contributed by atoms with Crippen molar-refractivity contribution in [3.05, 3.63) is 25.3 Å². The molecule has 2 heteroatoms. The highest BCUT2D eigenvalue weighted by atomic mass is 16.1. The van der Waals surface area contributed by atoms with E-state index in [-0.39, 0.29) is 6.04 Å². The summed E-state index contributed by atoms with van der Waals surface area (Å²) in [7, 11) is 0. The normalized spacial score (nSPS) is 13.3. The summed E-state index contributed by atoms with van der Waals surface area (Å²) in [6, 6.07) is 0.0515. The van der Waals surface area contributed by atoms with Crippen LogP contribution in [-0.4, -0.2) is 12.1 Å². The van der Waals surface area contributed by atoms with E-state index in [0.717, 1.165) is 19.3 Å². The number of hydrogen-bond donors (Lipinski definition) is 0. The van der Waals surface area contributed by atoms with Gasteiger partial charge in [0.05, 0.1) is 6.04 Å². The largest absolute Gasteiger partial charge is 0.235 e. The van der Waals surface area contributed by atoms with Gasteiger partial charge in [0, 0.05) is 0 Å². The summed E-state index contributed by atoms with van der Waals surface area (Å²) >= 11 is 0. The summed E-state index contributed by atoms with van der Waals surface area (Å²) in [6.07, 6.45) is 15.9. The summed E-state index contributed by atoms with van der Waals surface area (Å²) in [6.45, 7) is 9.79. The fourth-order valence-electron chi connectivity index (χ4n) is 2.46. The maximum Gasteiger partial charge on any atom is 0.235 e.